The first-order valence-electron chi connectivity index (χ1n) is 11.4. The van der Waals surface area contributed by atoms with Crippen molar-refractivity contribution in [3.05, 3.63) is 79.2 Å². The number of nitrogens with zero attached hydrogens (tertiary/aromatic N) is 2. The van der Waals surface area contributed by atoms with Gasteiger partial charge in [0.1, 0.15) is 11.8 Å². The van der Waals surface area contributed by atoms with Gasteiger partial charge in [0.05, 0.1) is 43.9 Å². The molecule has 6 rings (SSSR count). The Bertz CT molecular complexity index is 1500. The topological polar surface area (TPSA) is 85.4 Å². The van der Waals surface area contributed by atoms with E-state index in [0.29, 0.717) is 35.1 Å². The summed E-state index contributed by atoms with van der Waals surface area (Å²) in [6.07, 6.45) is 0. The highest BCUT2D eigenvalue weighted by Crippen LogP contribution is 2.50. The Morgan fingerprint density at radius 2 is 1.39 bits per heavy atom. The highest BCUT2D eigenvalue weighted by atomic mass is 35.5. The standard InChI is InChI=1S/C26H16Cl4N2O6/c1-2-36-13-6-4-12(5-7-13)31-22(11-3-8-14-15(9-11)38-10-37-14)23(26(31)35)32-24(33)16-17(25(32)34)19(28)21(30)20(29)18(16)27/h3-9,22-23H,2,10H2,1H3/t22-,23-/m0/s1. The van der Waals surface area contributed by atoms with Gasteiger partial charge in [-0.2, -0.15) is 0 Å². The quantitative estimate of drug-likeness (QED) is 0.152. The number of imide groups is 1. The fraction of sp³-hybridized carbons (Fsp3) is 0.192. The minimum absolute atomic E-state index is 0.0609. The van der Waals surface area contributed by atoms with Crippen LogP contribution in [0.15, 0.2) is 42.5 Å². The van der Waals surface area contributed by atoms with Gasteiger partial charge in [-0.3, -0.25) is 19.3 Å². The molecule has 3 aliphatic rings. The molecule has 38 heavy (non-hydrogen) atoms. The van der Waals surface area contributed by atoms with Crippen molar-refractivity contribution >= 4 is 69.8 Å². The van der Waals surface area contributed by atoms with Crippen LogP contribution >= 0.6 is 46.4 Å². The van der Waals surface area contributed by atoms with E-state index >= 15 is 0 Å². The zero-order valence-electron chi connectivity index (χ0n) is 19.5. The average Bonchev–Trinajstić information content (AvgIpc) is 3.48. The Kier molecular flexibility index (Phi) is 6.11. The molecule has 3 amide bonds. The van der Waals surface area contributed by atoms with Crippen molar-refractivity contribution in [3.63, 3.8) is 0 Å². The lowest BCUT2D eigenvalue weighted by Crippen LogP contribution is -2.67. The highest BCUT2D eigenvalue weighted by Gasteiger charge is 2.58. The van der Waals surface area contributed by atoms with Crippen molar-refractivity contribution in [3.8, 4) is 17.2 Å². The molecule has 3 heterocycles. The Balaban J connectivity index is 1.45. The summed E-state index contributed by atoms with van der Waals surface area (Å²) >= 11 is 24.9. The largest absolute Gasteiger partial charge is 0.494 e. The summed E-state index contributed by atoms with van der Waals surface area (Å²) in [5.74, 6) is -0.377. The Morgan fingerprint density at radius 1 is 0.789 bits per heavy atom. The maximum absolute atomic E-state index is 13.7. The first kappa shape index (κ1) is 25.1. The van der Waals surface area contributed by atoms with Gasteiger partial charge in [0.25, 0.3) is 17.7 Å². The summed E-state index contributed by atoms with van der Waals surface area (Å²) in [6.45, 7) is 2.42. The molecule has 3 aromatic carbocycles. The Hall–Kier alpha value is -3.17. The van der Waals surface area contributed by atoms with Gasteiger partial charge in [-0.15, -0.1) is 0 Å². The maximum Gasteiger partial charge on any atom is 0.264 e. The molecule has 3 aliphatic heterocycles. The van der Waals surface area contributed by atoms with Crippen molar-refractivity contribution in [2.45, 2.75) is 19.0 Å². The van der Waals surface area contributed by atoms with E-state index in [1.165, 1.54) is 4.90 Å². The van der Waals surface area contributed by atoms with E-state index in [0.717, 1.165) is 4.90 Å². The van der Waals surface area contributed by atoms with Crippen LogP contribution in [0.25, 0.3) is 0 Å². The third-order valence-electron chi connectivity index (χ3n) is 6.64. The second-order valence-corrected chi connectivity index (χ2v) is 10.1. The van der Waals surface area contributed by atoms with Crippen LogP contribution in [-0.2, 0) is 4.79 Å². The van der Waals surface area contributed by atoms with E-state index in [1.807, 2.05) is 6.92 Å². The summed E-state index contributed by atoms with van der Waals surface area (Å²) < 4.78 is 16.5. The fourth-order valence-corrected chi connectivity index (χ4v) is 5.94. The van der Waals surface area contributed by atoms with Gasteiger partial charge in [0, 0.05) is 5.69 Å². The molecule has 2 atom stereocenters. The molecular formula is C26H16Cl4N2O6. The van der Waals surface area contributed by atoms with Crippen LogP contribution in [0, 0.1) is 0 Å². The number of β-lactam (4-membered cyclic amide) rings is 1. The Labute approximate surface area is 236 Å². The lowest BCUT2D eigenvalue weighted by molar-refractivity contribution is -0.130. The van der Waals surface area contributed by atoms with E-state index in [2.05, 4.69) is 0 Å². The molecule has 3 aromatic rings. The molecular weight excluding hydrogens is 578 g/mol. The van der Waals surface area contributed by atoms with Gasteiger partial charge in [-0.25, -0.2) is 0 Å². The van der Waals surface area contributed by atoms with E-state index in [4.69, 9.17) is 60.6 Å². The summed E-state index contributed by atoms with van der Waals surface area (Å²) in [4.78, 5) is 43.2. The number of anilines is 1. The molecule has 0 saturated carbocycles. The SMILES string of the molecule is CCOc1ccc(N2C(=O)[C@@H](N3C(=O)c4c(Cl)c(Cl)c(Cl)c(Cl)c4C3=O)[C@@H]2c2ccc3c(c2)OCO3)cc1. The number of rotatable bonds is 5. The van der Waals surface area contributed by atoms with Crippen LogP contribution in [0.3, 0.4) is 0 Å². The van der Waals surface area contributed by atoms with Crippen molar-refractivity contribution in [2.24, 2.45) is 0 Å². The predicted molar refractivity (Wildman–Crippen MR) is 141 cm³/mol. The number of hydrogen-bond acceptors (Lipinski definition) is 6. The molecule has 0 aliphatic carbocycles. The zero-order valence-corrected chi connectivity index (χ0v) is 22.5. The summed E-state index contributed by atoms with van der Waals surface area (Å²) in [6, 6.07) is 10.2. The van der Waals surface area contributed by atoms with Gasteiger partial charge in [-0.05, 0) is 48.9 Å². The predicted octanol–water partition coefficient (Wildman–Crippen LogP) is 6.18. The molecule has 0 N–H and O–H groups in total. The van der Waals surface area contributed by atoms with Gasteiger partial charge in [-0.1, -0.05) is 52.5 Å². The number of halogens is 4. The molecule has 0 spiro atoms. The summed E-state index contributed by atoms with van der Waals surface area (Å²) in [5, 5.41) is -0.704. The average molecular weight is 594 g/mol. The van der Waals surface area contributed by atoms with Crippen LogP contribution < -0.4 is 19.1 Å². The van der Waals surface area contributed by atoms with Crippen LogP contribution in [0.4, 0.5) is 5.69 Å². The normalized spacial score (nSPS) is 19.7. The second-order valence-electron chi connectivity index (χ2n) is 8.62. The second kappa shape index (κ2) is 9.24. The lowest BCUT2D eigenvalue weighted by Gasteiger charge is -2.49. The summed E-state index contributed by atoms with van der Waals surface area (Å²) in [5.41, 5.74) is 0.800. The van der Waals surface area contributed by atoms with Crippen molar-refractivity contribution in [1.29, 1.82) is 0 Å². The molecule has 0 aromatic heterocycles. The monoisotopic (exact) mass is 592 g/mol. The van der Waals surface area contributed by atoms with Gasteiger partial charge >= 0.3 is 0 Å². The van der Waals surface area contributed by atoms with E-state index in [1.54, 1.807) is 42.5 Å². The van der Waals surface area contributed by atoms with E-state index in [9.17, 15) is 14.4 Å². The molecule has 0 unspecified atom stereocenters. The van der Waals surface area contributed by atoms with Gasteiger partial charge < -0.3 is 19.1 Å². The first-order chi connectivity index (χ1) is 18.2. The fourth-order valence-electron chi connectivity index (χ4n) is 4.93. The van der Waals surface area contributed by atoms with Gasteiger partial charge in [0.2, 0.25) is 6.79 Å². The van der Waals surface area contributed by atoms with Crippen LogP contribution in [0.5, 0.6) is 17.2 Å². The molecule has 0 bridgehead atoms. The lowest BCUT2D eigenvalue weighted by atomic mass is 9.86. The first-order valence-corrected chi connectivity index (χ1v) is 12.9. The van der Waals surface area contributed by atoms with Crippen molar-refractivity contribution in [1.82, 2.24) is 4.90 Å². The highest BCUT2D eigenvalue weighted by molar-refractivity contribution is 6.55. The number of fused-ring (bicyclic) bond motifs is 2. The third-order valence-corrected chi connectivity index (χ3v) is 8.44. The molecule has 194 valence electrons. The molecule has 12 heteroatoms. The third kappa shape index (κ3) is 3.55. The molecule has 0 radical (unpaired) electrons. The molecule has 1 fully saturated rings. The minimum Gasteiger partial charge on any atom is -0.494 e. The number of ether oxygens (including phenoxy) is 3. The molecule has 8 nitrogen and oxygen atoms in total. The minimum atomic E-state index is -1.20. The number of benzene rings is 3. The van der Waals surface area contributed by atoms with E-state index in [-0.39, 0.29) is 38.0 Å². The smallest absolute Gasteiger partial charge is 0.264 e. The molecule has 1 saturated heterocycles. The van der Waals surface area contributed by atoms with Gasteiger partial charge in [0.15, 0.2) is 11.5 Å². The van der Waals surface area contributed by atoms with Crippen LogP contribution in [0.1, 0.15) is 39.2 Å². The number of amides is 3. The zero-order chi connectivity index (χ0) is 26.9. The van der Waals surface area contributed by atoms with Crippen LogP contribution in [0.2, 0.25) is 20.1 Å². The number of hydrogen-bond donors (Lipinski definition) is 0. The summed E-state index contributed by atoms with van der Waals surface area (Å²) in [7, 11) is 0. The maximum atomic E-state index is 13.7. The Morgan fingerprint density at radius 3 is 2.00 bits per heavy atom. The van der Waals surface area contributed by atoms with Crippen molar-refractivity contribution in [2.75, 3.05) is 18.3 Å². The van der Waals surface area contributed by atoms with Crippen LogP contribution in [-0.4, -0.2) is 42.1 Å². The van der Waals surface area contributed by atoms with Crippen molar-refractivity contribution < 1.29 is 28.6 Å². The number of carbonyl (C=O) groups excluding carboxylic acids is 3. The van der Waals surface area contributed by atoms with E-state index < -0.39 is 29.8 Å². The number of carbonyl (C=O) groups is 3.